The molecule has 1 heterocycles. The average molecular weight is 322 g/mol. The van der Waals surface area contributed by atoms with Gasteiger partial charge in [0.15, 0.2) is 5.16 Å². The van der Waals surface area contributed by atoms with Crippen molar-refractivity contribution in [2.24, 2.45) is 5.92 Å². The summed E-state index contributed by atoms with van der Waals surface area (Å²) in [5.74, 6) is 0.311. The molecule has 0 unspecified atom stereocenters. The highest BCUT2D eigenvalue weighted by molar-refractivity contribution is 8.00. The number of thioether (sulfide) groups is 1. The summed E-state index contributed by atoms with van der Waals surface area (Å²) in [6.07, 6.45) is 0. The van der Waals surface area contributed by atoms with Gasteiger partial charge in [0, 0.05) is 11.6 Å². The minimum absolute atomic E-state index is 0.0852. The standard InChI is InChI=1S/C15H16ClN3OS/c1-9(2)8-19-14(20)12-5-4-11(16)6-13(12)18-15(19)21-10(3)7-17/h4-6,9-10H,8H2,1-3H3/t10-/m0/s1. The van der Waals surface area contributed by atoms with Crippen LogP contribution in [0.3, 0.4) is 0 Å². The minimum atomic E-state index is -0.271. The second-order valence-corrected chi connectivity index (χ2v) is 7.00. The van der Waals surface area contributed by atoms with Gasteiger partial charge in [0.1, 0.15) is 0 Å². The smallest absolute Gasteiger partial charge is 0.262 e. The van der Waals surface area contributed by atoms with Gasteiger partial charge in [-0.25, -0.2) is 4.98 Å². The quantitative estimate of drug-likeness (QED) is 0.636. The van der Waals surface area contributed by atoms with Crippen molar-refractivity contribution in [3.8, 4) is 6.07 Å². The first-order valence-electron chi connectivity index (χ1n) is 6.68. The van der Waals surface area contributed by atoms with Crippen molar-refractivity contribution in [1.82, 2.24) is 9.55 Å². The summed E-state index contributed by atoms with van der Waals surface area (Å²) in [6, 6.07) is 7.23. The molecule has 1 atom stereocenters. The van der Waals surface area contributed by atoms with E-state index in [2.05, 4.69) is 11.1 Å². The second kappa shape index (κ2) is 6.50. The summed E-state index contributed by atoms with van der Waals surface area (Å²) >= 11 is 7.27. The van der Waals surface area contributed by atoms with E-state index in [1.165, 1.54) is 11.8 Å². The lowest BCUT2D eigenvalue weighted by Gasteiger charge is -2.15. The molecule has 1 aromatic carbocycles. The minimum Gasteiger partial charge on any atom is -0.287 e. The first-order valence-corrected chi connectivity index (χ1v) is 7.94. The Hall–Kier alpha value is -1.51. The van der Waals surface area contributed by atoms with E-state index in [9.17, 15) is 4.79 Å². The van der Waals surface area contributed by atoms with Crippen LogP contribution in [-0.2, 0) is 6.54 Å². The van der Waals surface area contributed by atoms with Gasteiger partial charge in [-0.2, -0.15) is 5.26 Å². The Bertz CT molecular complexity index is 764. The molecule has 0 aliphatic rings. The molecule has 0 saturated heterocycles. The molecule has 0 bridgehead atoms. The molecular weight excluding hydrogens is 306 g/mol. The molecule has 0 radical (unpaired) electrons. The van der Waals surface area contributed by atoms with Crippen LogP contribution in [0.4, 0.5) is 0 Å². The van der Waals surface area contributed by atoms with Crippen molar-refractivity contribution < 1.29 is 0 Å². The monoisotopic (exact) mass is 321 g/mol. The number of rotatable bonds is 4. The second-order valence-electron chi connectivity index (χ2n) is 5.25. The number of hydrogen-bond acceptors (Lipinski definition) is 4. The molecule has 0 N–H and O–H groups in total. The Morgan fingerprint density at radius 3 is 2.76 bits per heavy atom. The van der Waals surface area contributed by atoms with E-state index in [-0.39, 0.29) is 10.8 Å². The van der Waals surface area contributed by atoms with Crippen LogP contribution in [0, 0.1) is 17.2 Å². The van der Waals surface area contributed by atoms with Gasteiger partial charge >= 0.3 is 0 Å². The van der Waals surface area contributed by atoms with Gasteiger partial charge < -0.3 is 0 Å². The SMILES string of the molecule is CC(C)Cn1c(S[C@@H](C)C#N)nc2cc(Cl)ccc2c1=O. The van der Waals surface area contributed by atoms with Crippen molar-refractivity contribution >= 4 is 34.3 Å². The third-order valence-electron chi connectivity index (χ3n) is 2.89. The normalized spacial score (nSPS) is 12.6. The largest absolute Gasteiger partial charge is 0.287 e. The molecular formula is C15H16ClN3OS. The van der Waals surface area contributed by atoms with Gasteiger partial charge in [0.25, 0.3) is 5.56 Å². The lowest BCUT2D eigenvalue weighted by atomic mass is 10.2. The summed E-state index contributed by atoms with van der Waals surface area (Å²) in [5, 5.41) is 10.4. The van der Waals surface area contributed by atoms with Crippen molar-refractivity contribution in [2.45, 2.75) is 37.7 Å². The van der Waals surface area contributed by atoms with Gasteiger partial charge in [-0.1, -0.05) is 37.2 Å². The Kier molecular flexibility index (Phi) is 4.92. The number of nitrogens with zero attached hydrogens (tertiary/aromatic N) is 3. The highest BCUT2D eigenvalue weighted by Gasteiger charge is 2.15. The molecule has 4 nitrogen and oxygen atoms in total. The van der Waals surface area contributed by atoms with Gasteiger partial charge in [-0.3, -0.25) is 9.36 Å². The van der Waals surface area contributed by atoms with E-state index in [0.717, 1.165) is 0 Å². The average Bonchev–Trinajstić information content (AvgIpc) is 2.42. The van der Waals surface area contributed by atoms with Gasteiger partial charge in [-0.15, -0.1) is 0 Å². The van der Waals surface area contributed by atoms with Gasteiger partial charge in [-0.05, 0) is 31.0 Å². The van der Waals surface area contributed by atoms with Crippen LogP contribution in [0.25, 0.3) is 10.9 Å². The zero-order valence-corrected chi connectivity index (χ0v) is 13.7. The molecule has 0 aliphatic carbocycles. The molecule has 21 heavy (non-hydrogen) atoms. The van der Waals surface area contributed by atoms with Crippen LogP contribution >= 0.6 is 23.4 Å². The number of halogens is 1. The highest BCUT2D eigenvalue weighted by atomic mass is 35.5. The fourth-order valence-corrected chi connectivity index (χ4v) is 2.95. The van der Waals surface area contributed by atoms with Crippen LogP contribution < -0.4 is 5.56 Å². The summed E-state index contributed by atoms with van der Waals surface area (Å²) in [6.45, 7) is 6.45. The summed E-state index contributed by atoms with van der Waals surface area (Å²) in [4.78, 5) is 17.2. The number of fused-ring (bicyclic) bond motifs is 1. The van der Waals surface area contributed by atoms with Crippen molar-refractivity contribution in [2.75, 3.05) is 0 Å². The predicted octanol–water partition coefficient (Wildman–Crippen LogP) is 3.71. The summed E-state index contributed by atoms with van der Waals surface area (Å²) in [5.41, 5.74) is 0.484. The fourth-order valence-electron chi connectivity index (χ4n) is 1.97. The molecule has 0 spiro atoms. The number of hydrogen-bond donors (Lipinski definition) is 0. The van der Waals surface area contributed by atoms with Crippen LogP contribution in [0.5, 0.6) is 0 Å². The maximum atomic E-state index is 12.6. The molecule has 0 saturated carbocycles. The summed E-state index contributed by atoms with van der Waals surface area (Å²) < 4.78 is 1.65. The Balaban J connectivity index is 2.67. The highest BCUT2D eigenvalue weighted by Crippen LogP contribution is 2.24. The lowest BCUT2D eigenvalue weighted by Crippen LogP contribution is -2.26. The van der Waals surface area contributed by atoms with Crippen molar-refractivity contribution in [3.05, 3.63) is 33.6 Å². The fraction of sp³-hybridized carbons (Fsp3) is 0.400. The van der Waals surface area contributed by atoms with Crippen molar-refractivity contribution in [3.63, 3.8) is 0 Å². The van der Waals surface area contributed by atoms with E-state index >= 15 is 0 Å². The Morgan fingerprint density at radius 2 is 2.14 bits per heavy atom. The maximum Gasteiger partial charge on any atom is 0.262 e. The van der Waals surface area contributed by atoms with E-state index in [1.54, 1.807) is 29.7 Å². The Labute approximate surface area is 132 Å². The molecule has 110 valence electrons. The molecule has 1 aromatic heterocycles. The van der Waals surface area contributed by atoms with Gasteiger partial charge in [0.05, 0.1) is 22.2 Å². The van der Waals surface area contributed by atoms with E-state index in [1.807, 2.05) is 13.8 Å². The Morgan fingerprint density at radius 1 is 1.43 bits per heavy atom. The van der Waals surface area contributed by atoms with Crippen LogP contribution in [0.2, 0.25) is 5.02 Å². The third-order valence-corrected chi connectivity index (χ3v) is 4.11. The topological polar surface area (TPSA) is 58.7 Å². The zero-order valence-electron chi connectivity index (χ0n) is 12.1. The van der Waals surface area contributed by atoms with Crippen LogP contribution in [0.15, 0.2) is 28.2 Å². The van der Waals surface area contributed by atoms with Gasteiger partial charge in [0.2, 0.25) is 0 Å². The van der Waals surface area contributed by atoms with Crippen LogP contribution in [-0.4, -0.2) is 14.8 Å². The third kappa shape index (κ3) is 3.58. The molecule has 0 aliphatic heterocycles. The number of nitriles is 1. The van der Waals surface area contributed by atoms with Crippen molar-refractivity contribution in [1.29, 1.82) is 5.26 Å². The van der Waals surface area contributed by atoms with E-state index in [4.69, 9.17) is 16.9 Å². The predicted molar refractivity (Wildman–Crippen MR) is 86.8 cm³/mol. The van der Waals surface area contributed by atoms with E-state index < -0.39 is 0 Å². The molecule has 0 fully saturated rings. The van der Waals surface area contributed by atoms with Crippen LogP contribution in [0.1, 0.15) is 20.8 Å². The lowest BCUT2D eigenvalue weighted by molar-refractivity contribution is 0.475. The molecule has 2 aromatic rings. The first-order chi connectivity index (χ1) is 9.92. The molecule has 0 amide bonds. The first kappa shape index (κ1) is 15.9. The summed E-state index contributed by atoms with van der Waals surface area (Å²) in [7, 11) is 0. The number of aromatic nitrogens is 2. The van der Waals surface area contributed by atoms with E-state index in [0.29, 0.717) is 33.5 Å². The number of benzene rings is 1. The maximum absolute atomic E-state index is 12.6. The zero-order chi connectivity index (χ0) is 15.6. The molecule has 6 heteroatoms. The molecule has 2 rings (SSSR count).